The highest BCUT2D eigenvalue weighted by Crippen LogP contribution is 2.26. The third-order valence-corrected chi connectivity index (χ3v) is 4.77. The van der Waals surface area contributed by atoms with Crippen molar-refractivity contribution in [3.63, 3.8) is 0 Å². The Morgan fingerprint density at radius 3 is 2.45 bits per heavy atom. The van der Waals surface area contributed by atoms with Crippen molar-refractivity contribution < 1.29 is 23.9 Å². The van der Waals surface area contributed by atoms with Crippen molar-refractivity contribution in [3.8, 4) is 5.75 Å². The Balaban J connectivity index is 2.07. The standard InChI is InChI=1S/C21H31N3O5/c1-7-23(8-2)19(26)22-15-9-10-18(17(11-15)14(3)25)28-13-16-12-24(20(27)29-16)21(4,5)6/h9-11,16H,7-8,12-13H2,1-6H3,(H,22,26). The highest BCUT2D eigenvalue weighted by Gasteiger charge is 2.38. The lowest BCUT2D eigenvalue weighted by Gasteiger charge is -2.29. The SMILES string of the molecule is CCN(CC)C(=O)Nc1ccc(OCC2CN(C(C)(C)C)C(=O)O2)c(C(C)=O)c1. The molecule has 1 unspecified atom stereocenters. The maximum Gasteiger partial charge on any atom is 0.410 e. The van der Waals surface area contributed by atoms with Crippen LogP contribution in [0.3, 0.4) is 0 Å². The van der Waals surface area contributed by atoms with E-state index < -0.39 is 6.10 Å². The molecule has 1 saturated heterocycles. The van der Waals surface area contributed by atoms with Gasteiger partial charge in [-0.3, -0.25) is 9.69 Å². The van der Waals surface area contributed by atoms with Gasteiger partial charge in [0.15, 0.2) is 11.9 Å². The first-order valence-electron chi connectivity index (χ1n) is 9.88. The molecule has 0 radical (unpaired) electrons. The summed E-state index contributed by atoms with van der Waals surface area (Å²) in [5.74, 6) is 0.210. The largest absolute Gasteiger partial charge is 0.489 e. The molecule has 2 rings (SSSR count). The second-order valence-corrected chi connectivity index (χ2v) is 7.97. The zero-order valence-corrected chi connectivity index (χ0v) is 18.1. The fraction of sp³-hybridized carbons (Fsp3) is 0.571. The van der Waals surface area contributed by atoms with Crippen molar-refractivity contribution in [2.75, 3.05) is 31.6 Å². The Labute approximate surface area is 172 Å². The molecule has 1 fully saturated rings. The van der Waals surface area contributed by atoms with Gasteiger partial charge in [-0.2, -0.15) is 0 Å². The van der Waals surface area contributed by atoms with Crippen LogP contribution in [0.5, 0.6) is 5.75 Å². The number of nitrogens with one attached hydrogen (secondary N) is 1. The van der Waals surface area contributed by atoms with Crippen LogP contribution in [0.15, 0.2) is 18.2 Å². The number of benzene rings is 1. The number of urea groups is 1. The quantitative estimate of drug-likeness (QED) is 0.698. The second kappa shape index (κ2) is 9.15. The fourth-order valence-electron chi connectivity index (χ4n) is 3.06. The van der Waals surface area contributed by atoms with Crippen LogP contribution < -0.4 is 10.1 Å². The van der Waals surface area contributed by atoms with E-state index >= 15 is 0 Å². The van der Waals surface area contributed by atoms with Crippen LogP contribution in [0.25, 0.3) is 0 Å². The molecule has 0 saturated carbocycles. The van der Waals surface area contributed by atoms with Crippen LogP contribution in [0.1, 0.15) is 51.9 Å². The Morgan fingerprint density at radius 1 is 1.28 bits per heavy atom. The molecule has 1 atom stereocenters. The monoisotopic (exact) mass is 405 g/mol. The number of carbonyl (C=O) groups excluding carboxylic acids is 3. The first-order chi connectivity index (χ1) is 13.6. The van der Waals surface area contributed by atoms with Gasteiger partial charge in [0.2, 0.25) is 0 Å². The molecule has 1 N–H and O–H groups in total. The third kappa shape index (κ3) is 5.62. The summed E-state index contributed by atoms with van der Waals surface area (Å²) >= 11 is 0. The van der Waals surface area contributed by atoms with Gasteiger partial charge in [0.25, 0.3) is 0 Å². The maximum absolute atomic E-state index is 12.2. The van der Waals surface area contributed by atoms with Gasteiger partial charge in [-0.05, 0) is 59.7 Å². The zero-order chi connectivity index (χ0) is 21.8. The van der Waals surface area contributed by atoms with E-state index in [0.29, 0.717) is 36.6 Å². The van der Waals surface area contributed by atoms with Crippen LogP contribution in [0.2, 0.25) is 0 Å². The number of carbonyl (C=O) groups is 3. The van der Waals surface area contributed by atoms with Crippen molar-refractivity contribution in [3.05, 3.63) is 23.8 Å². The molecule has 1 aromatic carbocycles. The molecule has 8 nitrogen and oxygen atoms in total. The Bertz CT molecular complexity index is 768. The average molecular weight is 405 g/mol. The number of ketones is 1. The predicted octanol–water partition coefficient (Wildman–Crippen LogP) is 3.76. The number of ether oxygens (including phenoxy) is 2. The molecular formula is C21H31N3O5. The van der Waals surface area contributed by atoms with Crippen molar-refractivity contribution in [1.29, 1.82) is 0 Å². The molecule has 8 heteroatoms. The number of rotatable bonds is 7. The summed E-state index contributed by atoms with van der Waals surface area (Å²) in [4.78, 5) is 39.6. The molecular weight excluding hydrogens is 374 g/mol. The van der Waals surface area contributed by atoms with Crippen LogP contribution in [0, 0.1) is 0 Å². The highest BCUT2D eigenvalue weighted by molar-refractivity contribution is 5.99. The number of anilines is 1. The van der Waals surface area contributed by atoms with Gasteiger partial charge in [-0.15, -0.1) is 0 Å². The molecule has 160 valence electrons. The van der Waals surface area contributed by atoms with Crippen molar-refractivity contribution in [2.45, 2.75) is 53.2 Å². The number of nitrogens with zero attached hydrogens (tertiary/aromatic N) is 2. The smallest absolute Gasteiger partial charge is 0.410 e. The average Bonchev–Trinajstić information content (AvgIpc) is 3.02. The topological polar surface area (TPSA) is 88.2 Å². The summed E-state index contributed by atoms with van der Waals surface area (Å²) < 4.78 is 11.2. The van der Waals surface area contributed by atoms with Gasteiger partial charge in [0.05, 0.1) is 12.1 Å². The molecule has 1 aromatic rings. The van der Waals surface area contributed by atoms with E-state index in [9.17, 15) is 14.4 Å². The molecule has 1 heterocycles. The molecule has 29 heavy (non-hydrogen) atoms. The second-order valence-electron chi connectivity index (χ2n) is 7.97. The van der Waals surface area contributed by atoms with Gasteiger partial charge in [-0.1, -0.05) is 0 Å². The van der Waals surface area contributed by atoms with Crippen LogP contribution in [0.4, 0.5) is 15.3 Å². The van der Waals surface area contributed by atoms with E-state index in [1.165, 1.54) is 6.92 Å². The molecule has 0 aromatic heterocycles. The zero-order valence-electron chi connectivity index (χ0n) is 18.1. The predicted molar refractivity (Wildman–Crippen MR) is 111 cm³/mol. The summed E-state index contributed by atoms with van der Waals surface area (Å²) in [5.41, 5.74) is 0.547. The minimum atomic E-state index is -0.413. The van der Waals surface area contributed by atoms with Gasteiger partial charge >= 0.3 is 12.1 Å². The van der Waals surface area contributed by atoms with E-state index in [-0.39, 0.29) is 30.1 Å². The van der Waals surface area contributed by atoms with E-state index in [0.717, 1.165) is 0 Å². The Morgan fingerprint density at radius 2 is 1.93 bits per heavy atom. The summed E-state index contributed by atoms with van der Waals surface area (Å²) in [7, 11) is 0. The first-order valence-corrected chi connectivity index (χ1v) is 9.88. The Hall–Kier alpha value is -2.77. The van der Waals surface area contributed by atoms with Gasteiger partial charge in [-0.25, -0.2) is 9.59 Å². The van der Waals surface area contributed by atoms with Crippen LogP contribution in [-0.2, 0) is 4.74 Å². The maximum atomic E-state index is 12.2. The third-order valence-electron chi connectivity index (χ3n) is 4.77. The van der Waals surface area contributed by atoms with Gasteiger partial charge in [0.1, 0.15) is 12.4 Å². The number of Topliss-reactive ketones (excluding diaryl/α,β-unsaturated/α-hetero) is 1. The summed E-state index contributed by atoms with van der Waals surface area (Å²) in [6.45, 7) is 12.8. The first kappa shape index (κ1) is 22.5. The minimum Gasteiger partial charge on any atom is -0.489 e. The number of amides is 3. The summed E-state index contributed by atoms with van der Waals surface area (Å²) in [6, 6.07) is 4.71. The van der Waals surface area contributed by atoms with Gasteiger partial charge in [0, 0.05) is 24.3 Å². The van der Waals surface area contributed by atoms with Crippen molar-refractivity contribution in [1.82, 2.24) is 9.80 Å². The van der Waals surface area contributed by atoms with Crippen LogP contribution >= 0.6 is 0 Å². The van der Waals surface area contributed by atoms with E-state index in [1.807, 2.05) is 34.6 Å². The number of hydrogen-bond acceptors (Lipinski definition) is 5. The number of hydrogen-bond donors (Lipinski definition) is 1. The van der Waals surface area contributed by atoms with Crippen LogP contribution in [-0.4, -0.2) is 65.6 Å². The molecule has 0 bridgehead atoms. The summed E-state index contributed by atoms with van der Waals surface area (Å²) in [6.07, 6.45) is -0.782. The van der Waals surface area contributed by atoms with Crippen molar-refractivity contribution in [2.24, 2.45) is 0 Å². The molecule has 3 amide bonds. The molecule has 1 aliphatic rings. The molecule has 0 aliphatic carbocycles. The van der Waals surface area contributed by atoms with E-state index in [4.69, 9.17) is 9.47 Å². The highest BCUT2D eigenvalue weighted by atomic mass is 16.6. The Kier molecular flexibility index (Phi) is 7.11. The number of cyclic esters (lactones) is 1. The molecule has 1 aliphatic heterocycles. The fourth-order valence-corrected chi connectivity index (χ4v) is 3.06. The normalized spacial score (nSPS) is 16.4. The van der Waals surface area contributed by atoms with Gasteiger partial charge < -0.3 is 19.7 Å². The lowest BCUT2D eigenvalue weighted by molar-refractivity contribution is 0.0954. The molecule has 0 spiro atoms. The minimum absolute atomic E-state index is 0.143. The summed E-state index contributed by atoms with van der Waals surface area (Å²) in [5, 5.41) is 2.79. The van der Waals surface area contributed by atoms with E-state index in [1.54, 1.807) is 28.0 Å². The lowest BCUT2D eigenvalue weighted by Crippen LogP contribution is -2.42. The lowest BCUT2D eigenvalue weighted by atomic mass is 10.1. The van der Waals surface area contributed by atoms with E-state index in [2.05, 4.69) is 5.32 Å². The van der Waals surface area contributed by atoms with Crippen molar-refractivity contribution >= 4 is 23.6 Å².